The molecule has 8 bridgehead atoms. The predicted molar refractivity (Wildman–Crippen MR) is 320 cm³/mol. The van der Waals surface area contributed by atoms with Gasteiger partial charge < -0.3 is 20.2 Å². The minimum Gasteiger partial charge on any atom is -0.478 e. The van der Waals surface area contributed by atoms with Crippen molar-refractivity contribution in [2.45, 2.75) is 157 Å². The number of carbonyl (C=O) groups is 2. The lowest BCUT2D eigenvalue weighted by atomic mass is 9.78. The summed E-state index contributed by atoms with van der Waals surface area (Å²) < 4.78 is 0. The molecule has 6 aromatic rings. The lowest BCUT2D eigenvalue weighted by Crippen LogP contribution is -2.16. The summed E-state index contributed by atoms with van der Waals surface area (Å²) in [6.07, 6.45) is 11.6. The summed E-state index contributed by atoms with van der Waals surface area (Å²) in [5, 5.41) is 20.1. The molecule has 2 aliphatic rings. The molecule has 2 aliphatic heterocycles. The van der Waals surface area contributed by atoms with Gasteiger partial charge in [-0.05, 0) is 137 Å². The zero-order valence-electron chi connectivity index (χ0n) is 48.2. The Morgan fingerprint density at radius 1 is 0.408 bits per heavy atom. The first-order chi connectivity index (χ1) is 35.0. The molecule has 5 heterocycles. The highest BCUT2D eigenvalue weighted by atomic mass is 16.4. The molecule has 0 amide bonds. The molecule has 8 rings (SSSR count). The van der Waals surface area contributed by atoms with Crippen LogP contribution in [-0.4, -0.2) is 42.1 Å². The van der Waals surface area contributed by atoms with Crippen LogP contribution in [0.4, 0.5) is 0 Å². The van der Waals surface area contributed by atoms with Gasteiger partial charge in [0, 0.05) is 62.0 Å². The summed E-state index contributed by atoms with van der Waals surface area (Å²) in [4.78, 5) is 43.4. The van der Waals surface area contributed by atoms with Gasteiger partial charge >= 0.3 is 11.9 Å². The largest absolute Gasteiger partial charge is 0.478 e. The fourth-order valence-corrected chi connectivity index (χ4v) is 9.73. The number of nitrogens with zero attached hydrogens (tertiary/aromatic N) is 2. The molecule has 4 N–H and O–H groups in total. The number of hydrogen-bond acceptors (Lipinski definition) is 4. The van der Waals surface area contributed by atoms with E-state index in [1.807, 2.05) is 18.2 Å². The normalized spacial score (nSPS) is 13.8. The summed E-state index contributed by atoms with van der Waals surface area (Å²) in [6.45, 7) is 40.3. The Morgan fingerprint density at radius 2 is 0.750 bits per heavy atom. The quantitative estimate of drug-likeness (QED) is 0.118. The predicted octanol–water partition coefficient (Wildman–Crippen LogP) is 17.6. The van der Waals surface area contributed by atoms with Gasteiger partial charge in [0.05, 0.1) is 22.8 Å². The first kappa shape index (κ1) is 54.9. The van der Waals surface area contributed by atoms with E-state index in [0.29, 0.717) is 28.0 Å². The van der Waals surface area contributed by atoms with Crippen molar-refractivity contribution in [3.63, 3.8) is 0 Å². The van der Waals surface area contributed by atoms with Crippen LogP contribution in [-0.2, 0) is 42.1 Å². The third-order valence-electron chi connectivity index (χ3n) is 14.6. The van der Waals surface area contributed by atoms with Gasteiger partial charge in [0.2, 0.25) is 0 Å². The van der Waals surface area contributed by atoms with E-state index in [1.165, 1.54) is 33.4 Å². The number of aromatic amines is 2. The molecule has 8 nitrogen and oxygen atoms in total. The number of H-pyrrole nitrogens is 2. The molecule has 394 valence electrons. The van der Waals surface area contributed by atoms with Gasteiger partial charge in [0.15, 0.2) is 0 Å². The minimum absolute atomic E-state index is 0.170. The van der Waals surface area contributed by atoms with Crippen molar-refractivity contribution >= 4 is 63.9 Å². The highest BCUT2D eigenvalue weighted by Crippen LogP contribution is 2.43. The molecule has 0 spiro atoms. The van der Waals surface area contributed by atoms with E-state index in [4.69, 9.17) is 9.97 Å². The number of benzene rings is 3. The number of allylic oxidation sites excluding steroid dienone is 2. The minimum atomic E-state index is -1.09. The second-order valence-corrected chi connectivity index (χ2v) is 27.0. The number of nitrogens with one attached hydrogen (secondary N) is 2. The average molecular weight is 1020 g/mol. The van der Waals surface area contributed by atoms with Crippen molar-refractivity contribution in [1.29, 1.82) is 0 Å². The molecule has 3 aromatic heterocycles. The summed E-state index contributed by atoms with van der Waals surface area (Å²) in [5.41, 5.74) is 18.4. The summed E-state index contributed by atoms with van der Waals surface area (Å²) >= 11 is 0. The SMILES string of the molecule is CC(C)(C)c1cc(-c2c3nc(c(-c4cc(C(C)(C)C)cc(C(C)(C)C)c4)c4ccc([nH]4)c(-c4cc(C(C)(C)C)cc(C(C)(C)C)c4)c4nc(cc5[nH]c2cc5/C=C/C(=O)O)C(/C=C/C(=O)O)=C4)C=C3)cc(C(C)(C)C)c1. The molecule has 0 atom stereocenters. The maximum absolute atomic E-state index is 12.3. The molecule has 8 heteroatoms. The molecule has 0 saturated heterocycles. The third-order valence-corrected chi connectivity index (χ3v) is 14.6. The Bertz CT molecular complexity index is 3540. The van der Waals surface area contributed by atoms with E-state index in [-0.39, 0.29) is 32.5 Å². The molecular weight excluding hydrogens is 937 g/mol. The molecule has 0 fully saturated rings. The lowest BCUT2D eigenvalue weighted by Gasteiger charge is -2.26. The van der Waals surface area contributed by atoms with Crippen molar-refractivity contribution in [3.05, 3.63) is 159 Å². The highest BCUT2D eigenvalue weighted by Gasteiger charge is 2.28. The van der Waals surface area contributed by atoms with Crippen molar-refractivity contribution in [3.8, 4) is 33.4 Å². The Balaban J connectivity index is 1.68. The van der Waals surface area contributed by atoms with Crippen LogP contribution in [0.3, 0.4) is 0 Å². The van der Waals surface area contributed by atoms with E-state index >= 15 is 0 Å². The van der Waals surface area contributed by atoms with E-state index < -0.39 is 11.9 Å². The van der Waals surface area contributed by atoms with Crippen LogP contribution in [0.2, 0.25) is 0 Å². The highest BCUT2D eigenvalue weighted by molar-refractivity contribution is 6.02. The Labute approximate surface area is 450 Å². The molecule has 0 saturated carbocycles. The van der Waals surface area contributed by atoms with Gasteiger partial charge in [-0.1, -0.05) is 179 Å². The molecule has 0 radical (unpaired) electrons. The zero-order valence-corrected chi connectivity index (χ0v) is 48.2. The van der Waals surface area contributed by atoms with Crippen LogP contribution in [0.25, 0.3) is 85.3 Å². The molecule has 76 heavy (non-hydrogen) atoms. The number of aliphatic carboxylic acids is 2. The fraction of sp³-hybridized carbons (Fsp3) is 0.353. The van der Waals surface area contributed by atoms with E-state index in [2.05, 4.69) is 213 Å². The number of aromatic nitrogens is 4. The van der Waals surface area contributed by atoms with Crippen molar-refractivity contribution < 1.29 is 19.8 Å². The topological polar surface area (TPSA) is 132 Å². The smallest absolute Gasteiger partial charge is 0.328 e. The molecule has 3 aromatic carbocycles. The van der Waals surface area contributed by atoms with Crippen LogP contribution >= 0.6 is 0 Å². The average Bonchev–Trinajstić information content (AvgIpc) is 4.12. The Hall–Kier alpha value is -7.32. The van der Waals surface area contributed by atoms with Crippen LogP contribution in [0.15, 0.2) is 97.1 Å². The van der Waals surface area contributed by atoms with Crippen molar-refractivity contribution in [2.75, 3.05) is 0 Å². The molecule has 0 aliphatic carbocycles. The molecule has 0 unspecified atom stereocenters. The van der Waals surface area contributed by atoms with Crippen LogP contribution < -0.4 is 0 Å². The van der Waals surface area contributed by atoms with Gasteiger partial charge in [-0.3, -0.25) is 0 Å². The first-order valence-corrected chi connectivity index (χ1v) is 26.6. The van der Waals surface area contributed by atoms with Crippen LogP contribution in [0, 0.1) is 0 Å². The second-order valence-electron chi connectivity index (χ2n) is 27.0. The second kappa shape index (κ2) is 19.4. The van der Waals surface area contributed by atoms with Crippen molar-refractivity contribution in [1.82, 2.24) is 19.9 Å². The number of rotatable bonds is 7. The van der Waals surface area contributed by atoms with Gasteiger partial charge in [-0.25, -0.2) is 19.6 Å². The van der Waals surface area contributed by atoms with Crippen molar-refractivity contribution in [2.24, 2.45) is 0 Å². The van der Waals surface area contributed by atoms with Gasteiger partial charge in [-0.15, -0.1) is 0 Å². The van der Waals surface area contributed by atoms with E-state index in [1.54, 1.807) is 12.2 Å². The summed E-state index contributed by atoms with van der Waals surface area (Å²) in [5.74, 6) is -2.18. The standard InChI is InChI=1S/C68H78N4O4/c1-63(2,3)44-27-41(28-45(35-44)64(4,5)6)60-50-21-23-52(69-50)61(42-29-46(65(7,8)9)36-47(30-42)66(10,11)12)56-33-39(19-25-58(73)74)54(71-56)38-55-40(20-26-59(75)76)34-57(72-55)62(53-24-22-51(60)70-53)43-31-48(67(13,14)15)37-49(32-43)68(16,17)18/h19-38,69,72H,1-18H3,(H,73,74)(H,75,76)/b25-19+,26-20+,54-38?,55-38?,60-50?,60-51?,61-52?,61-56?,62-53?,62-57?. The summed E-state index contributed by atoms with van der Waals surface area (Å²) in [7, 11) is 0. The molecular formula is C68H78N4O4. The van der Waals surface area contributed by atoms with E-state index in [0.717, 1.165) is 73.5 Å². The monoisotopic (exact) mass is 1010 g/mol. The van der Waals surface area contributed by atoms with Crippen LogP contribution in [0.1, 0.15) is 186 Å². The lowest BCUT2D eigenvalue weighted by molar-refractivity contribution is -0.132. The zero-order chi connectivity index (χ0) is 55.8. The Kier molecular flexibility index (Phi) is 14.0. The fourth-order valence-electron chi connectivity index (χ4n) is 9.73. The number of fused-ring (bicyclic) bond motifs is 8. The third kappa shape index (κ3) is 11.7. The number of hydrogen-bond donors (Lipinski definition) is 4. The maximum Gasteiger partial charge on any atom is 0.328 e. The summed E-state index contributed by atoms with van der Waals surface area (Å²) in [6, 6.07) is 28.8. The van der Waals surface area contributed by atoms with E-state index in [9.17, 15) is 19.8 Å². The van der Waals surface area contributed by atoms with Gasteiger partial charge in [0.25, 0.3) is 0 Å². The maximum atomic E-state index is 12.3. The number of carboxylic acid groups (broad SMARTS) is 2. The van der Waals surface area contributed by atoms with Gasteiger partial charge in [-0.2, -0.15) is 0 Å². The first-order valence-electron chi connectivity index (χ1n) is 26.6. The number of carboxylic acids is 2. The van der Waals surface area contributed by atoms with Crippen LogP contribution in [0.5, 0.6) is 0 Å². The Morgan fingerprint density at radius 3 is 1.12 bits per heavy atom. The van der Waals surface area contributed by atoms with Gasteiger partial charge in [0.1, 0.15) is 0 Å².